The molecule has 1 atom stereocenters. The Morgan fingerprint density at radius 1 is 1.13 bits per heavy atom. The van der Waals surface area contributed by atoms with Crippen molar-refractivity contribution >= 4 is 34.5 Å². The highest BCUT2D eigenvalue weighted by atomic mass is 16.5. The number of benzene rings is 1. The number of rotatable bonds is 9. The van der Waals surface area contributed by atoms with Gasteiger partial charge in [-0.05, 0) is 61.7 Å². The molecule has 11 nitrogen and oxygen atoms in total. The second-order valence-electron chi connectivity index (χ2n) is 9.47. The van der Waals surface area contributed by atoms with E-state index in [2.05, 4.69) is 30.8 Å². The first-order chi connectivity index (χ1) is 19.0. The molecule has 0 spiro atoms. The molecule has 11 heteroatoms. The van der Waals surface area contributed by atoms with E-state index in [1.807, 2.05) is 24.0 Å². The summed E-state index contributed by atoms with van der Waals surface area (Å²) in [5.74, 6) is 2.09. The minimum Gasteiger partial charge on any atom is -0.456 e. The number of aryl methyl sites for hydroxylation is 1. The van der Waals surface area contributed by atoms with Gasteiger partial charge in [-0.3, -0.25) is 14.7 Å². The van der Waals surface area contributed by atoms with Crippen molar-refractivity contribution in [2.24, 2.45) is 0 Å². The molecule has 4 aromatic rings. The maximum atomic E-state index is 12.6. The normalized spacial score (nSPS) is 15.2. The van der Waals surface area contributed by atoms with Crippen LogP contribution in [0.2, 0.25) is 0 Å². The third-order valence-electron chi connectivity index (χ3n) is 6.56. The van der Waals surface area contributed by atoms with Gasteiger partial charge in [-0.2, -0.15) is 5.10 Å². The molecule has 1 unspecified atom stereocenters. The highest BCUT2D eigenvalue weighted by Gasteiger charge is 2.25. The average Bonchev–Trinajstić information content (AvgIpc) is 3.36. The summed E-state index contributed by atoms with van der Waals surface area (Å²) in [6.45, 7) is 3.69. The molecule has 5 rings (SSSR count). The van der Waals surface area contributed by atoms with Crippen LogP contribution in [0.4, 0.5) is 11.6 Å². The van der Waals surface area contributed by atoms with Crippen molar-refractivity contribution in [3.05, 3.63) is 66.0 Å². The SMILES string of the molecule is COCCC(=O)N1CCCC(Nc2n[nH]c3nccc(Oc4ccc(C(=O)Nc5cc(C)ccn5)cc4)c23)C1. The number of H-pyrrole nitrogens is 1. The van der Waals surface area contributed by atoms with Gasteiger partial charge in [0.15, 0.2) is 11.5 Å². The number of piperidine rings is 1. The van der Waals surface area contributed by atoms with Gasteiger partial charge in [0, 0.05) is 50.3 Å². The molecule has 1 fully saturated rings. The Morgan fingerprint density at radius 3 is 2.74 bits per heavy atom. The van der Waals surface area contributed by atoms with Crippen molar-refractivity contribution in [1.29, 1.82) is 0 Å². The fourth-order valence-electron chi connectivity index (χ4n) is 4.57. The van der Waals surface area contributed by atoms with Gasteiger partial charge >= 0.3 is 0 Å². The van der Waals surface area contributed by atoms with E-state index in [-0.39, 0.29) is 17.9 Å². The number of anilines is 2. The summed E-state index contributed by atoms with van der Waals surface area (Å²) >= 11 is 0. The van der Waals surface area contributed by atoms with Gasteiger partial charge in [0.25, 0.3) is 5.91 Å². The van der Waals surface area contributed by atoms with E-state index in [1.54, 1.807) is 49.8 Å². The molecule has 3 N–H and O–H groups in total. The number of pyridine rings is 2. The molecule has 1 saturated heterocycles. The molecule has 0 bridgehead atoms. The van der Waals surface area contributed by atoms with Gasteiger partial charge in [-0.1, -0.05) is 0 Å². The van der Waals surface area contributed by atoms with Gasteiger partial charge in [0.1, 0.15) is 22.7 Å². The van der Waals surface area contributed by atoms with Crippen LogP contribution < -0.4 is 15.4 Å². The Bertz CT molecular complexity index is 1450. The lowest BCUT2D eigenvalue weighted by Gasteiger charge is -2.33. The first-order valence-electron chi connectivity index (χ1n) is 12.9. The molecule has 202 valence electrons. The van der Waals surface area contributed by atoms with Crippen molar-refractivity contribution in [3.8, 4) is 11.5 Å². The van der Waals surface area contributed by atoms with E-state index in [1.165, 1.54) is 0 Å². The first-order valence-corrected chi connectivity index (χ1v) is 12.9. The number of carbonyl (C=O) groups is 2. The molecular weight excluding hydrogens is 498 g/mol. The first kappa shape index (κ1) is 26.1. The molecule has 2 amide bonds. The number of nitrogens with one attached hydrogen (secondary N) is 3. The Labute approximate surface area is 225 Å². The molecule has 0 aliphatic carbocycles. The molecule has 1 aliphatic heterocycles. The molecule has 39 heavy (non-hydrogen) atoms. The number of nitrogens with zero attached hydrogens (tertiary/aromatic N) is 4. The number of fused-ring (bicyclic) bond motifs is 1. The fourth-order valence-corrected chi connectivity index (χ4v) is 4.57. The summed E-state index contributed by atoms with van der Waals surface area (Å²) in [5.41, 5.74) is 2.08. The summed E-state index contributed by atoms with van der Waals surface area (Å²) in [6, 6.07) is 12.4. The van der Waals surface area contributed by atoms with E-state index in [0.717, 1.165) is 24.9 Å². The second-order valence-corrected chi connectivity index (χ2v) is 9.47. The molecule has 1 aromatic carbocycles. The van der Waals surface area contributed by atoms with Crippen LogP contribution in [0, 0.1) is 6.92 Å². The van der Waals surface area contributed by atoms with Gasteiger partial charge in [0.05, 0.1) is 13.0 Å². The van der Waals surface area contributed by atoms with Gasteiger partial charge < -0.3 is 25.0 Å². The molecular formula is C28H31N7O4. The Balaban J connectivity index is 1.28. The summed E-state index contributed by atoms with van der Waals surface area (Å²) in [6.07, 6.45) is 5.50. The van der Waals surface area contributed by atoms with Crippen molar-refractivity contribution in [2.45, 2.75) is 32.2 Å². The van der Waals surface area contributed by atoms with Crippen LogP contribution in [0.15, 0.2) is 54.9 Å². The number of aromatic nitrogens is 4. The molecule has 1 aliphatic rings. The minimum absolute atomic E-state index is 0.0467. The standard InChI is InChI=1S/C28H31N7O4/c1-18-9-12-29-23(16-18)32-28(37)19-5-7-21(8-6-19)39-22-10-13-30-26-25(22)27(34-33-26)31-20-4-3-14-35(17-20)24(36)11-15-38-2/h5-10,12-13,16,20H,3-4,11,14-15,17H2,1-2H3,(H,29,32,37)(H2,30,31,33,34). The van der Waals surface area contributed by atoms with Crippen LogP contribution in [0.5, 0.6) is 11.5 Å². The van der Waals surface area contributed by atoms with Gasteiger partial charge in [-0.15, -0.1) is 0 Å². The zero-order valence-corrected chi connectivity index (χ0v) is 21.9. The zero-order chi connectivity index (χ0) is 27.2. The van der Waals surface area contributed by atoms with Crippen LogP contribution in [0.3, 0.4) is 0 Å². The molecule has 0 saturated carbocycles. The summed E-state index contributed by atoms with van der Waals surface area (Å²) in [4.78, 5) is 35.5. The number of likely N-dealkylation sites (tertiary alicyclic amines) is 1. The topological polar surface area (TPSA) is 134 Å². The maximum absolute atomic E-state index is 12.6. The van der Waals surface area contributed by atoms with Crippen LogP contribution >= 0.6 is 0 Å². The average molecular weight is 530 g/mol. The summed E-state index contributed by atoms with van der Waals surface area (Å²) < 4.78 is 11.2. The number of hydrogen-bond acceptors (Lipinski definition) is 8. The predicted octanol–water partition coefficient (Wildman–Crippen LogP) is 4.15. The number of methoxy groups -OCH3 is 1. The van der Waals surface area contributed by atoms with E-state index in [4.69, 9.17) is 9.47 Å². The van der Waals surface area contributed by atoms with Crippen LogP contribution in [-0.2, 0) is 9.53 Å². The smallest absolute Gasteiger partial charge is 0.256 e. The monoisotopic (exact) mass is 529 g/mol. The maximum Gasteiger partial charge on any atom is 0.256 e. The highest BCUT2D eigenvalue weighted by molar-refractivity contribution is 6.03. The lowest BCUT2D eigenvalue weighted by Crippen LogP contribution is -2.45. The quantitative estimate of drug-likeness (QED) is 0.294. The number of amides is 2. The number of carbonyl (C=O) groups excluding carboxylic acids is 2. The number of aromatic amines is 1. The third kappa shape index (κ3) is 6.32. The Kier molecular flexibility index (Phi) is 7.97. The highest BCUT2D eigenvalue weighted by Crippen LogP contribution is 2.33. The van der Waals surface area contributed by atoms with E-state index < -0.39 is 0 Å². The van der Waals surface area contributed by atoms with Crippen molar-refractivity contribution in [1.82, 2.24) is 25.1 Å². The van der Waals surface area contributed by atoms with E-state index in [9.17, 15) is 9.59 Å². The van der Waals surface area contributed by atoms with Crippen molar-refractivity contribution < 1.29 is 19.1 Å². The largest absolute Gasteiger partial charge is 0.456 e. The van der Waals surface area contributed by atoms with Crippen molar-refractivity contribution in [2.75, 3.05) is 37.4 Å². The third-order valence-corrected chi connectivity index (χ3v) is 6.56. The Morgan fingerprint density at radius 2 is 1.95 bits per heavy atom. The Hall–Kier alpha value is -4.51. The van der Waals surface area contributed by atoms with Gasteiger partial charge in [0.2, 0.25) is 5.91 Å². The van der Waals surface area contributed by atoms with Crippen LogP contribution in [0.25, 0.3) is 11.0 Å². The lowest BCUT2D eigenvalue weighted by molar-refractivity contribution is -0.133. The van der Waals surface area contributed by atoms with Crippen LogP contribution in [0.1, 0.15) is 35.2 Å². The van der Waals surface area contributed by atoms with E-state index in [0.29, 0.717) is 59.3 Å². The van der Waals surface area contributed by atoms with Crippen LogP contribution in [-0.4, -0.2) is 69.7 Å². The molecule has 0 radical (unpaired) electrons. The number of ether oxygens (including phenoxy) is 2. The van der Waals surface area contributed by atoms with Crippen molar-refractivity contribution in [3.63, 3.8) is 0 Å². The van der Waals surface area contributed by atoms with Gasteiger partial charge in [-0.25, -0.2) is 9.97 Å². The van der Waals surface area contributed by atoms with E-state index >= 15 is 0 Å². The molecule has 4 heterocycles. The molecule has 3 aromatic heterocycles. The lowest BCUT2D eigenvalue weighted by atomic mass is 10.1. The zero-order valence-electron chi connectivity index (χ0n) is 21.9. The number of hydrogen-bond donors (Lipinski definition) is 3. The predicted molar refractivity (Wildman–Crippen MR) is 147 cm³/mol. The minimum atomic E-state index is -0.255. The fraction of sp³-hybridized carbons (Fsp3) is 0.321. The summed E-state index contributed by atoms with van der Waals surface area (Å²) in [7, 11) is 1.60. The summed E-state index contributed by atoms with van der Waals surface area (Å²) in [5, 5.41) is 14.4. The second kappa shape index (κ2) is 11.9.